The van der Waals surface area contributed by atoms with E-state index in [0.717, 1.165) is 5.88 Å². The van der Waals surface area contributed by atoms with Crippen LogP contribution in [0.4, 0.5) is 0 Å². The molecule has 2 heteroatoms. The summed E-state index contributed by atoms with van der Waals surface area (Å²) in [6.07, 6.45) is 25.5. The topological polar surface area (TPSA) is 0 Å². The van der Waals surface area contributed by atoms with Gasteiger partial charge in [-0.25, -0.2) is 0 Å². The molecule has 0 aromatic carbocycles. The number of hydrogen-bond donors (Lipinski definition) is 0. The summed E-state index contributed by atoms with van der Waals surface area (Å²) in [5.74, 6) is 0.831. The highest BCUT2D eigenvalue weighted by molar-refractivity contribution is 6.17. The number of quaternary nitrogens is 1. The van der Waals surface area contributed by atoms with Crippen LogP contribution in [0.15, 0.2) is 0 Å². The summed E-state index contributed by atoms with van der Waals surface area (Å²) in [6, 6.07) is 0. The molecule has 0 unspecified atom stereocenters. The van der Waals surface area contributed by atoms with Crippen LogP contribution in [0.5, 0.6) is 0 Å². The quantitative estimate of drug-likeness (QED) is 0.105. The Morgan fingerprint density at radius 2 is 0.769 bits per heavy atom. The number of alkyl halides is 1. The maximum Gasteiger partial charge on any atom is 0.0782 e. The molecule has 0 fully saturated rings. The molecule has 0 aromatic rings. The van der Waals surface area contributed by atoms with Gasteiger partial charge in [0.05, 0.1) is 27.2 Å². The number of halogens is 1. The van der Waals surface area contributed by atoms with Gasteiger partial charge in [0.1, 0.15) is 0 Å². The second kappa shape index (κ2) is 20.0. The van der Waals surface area contributed by atoms with Crippen molar-refractivity contribution in [2.75, 3.05) is 33.1 Å². The van der Waals surface area contributed by atoms with Crippen molar-refractivity contribution in [3.63, 3.8) is 0 Å². The maximum atomic E-state index is 5.74. The van der Waals surface area contributed by atoms with Crippen molar-refractivity contribution < 1.29 is 4.48 Å². The monoisotopic (exact) mass is 388 g/mol. The lowest BCUT2D eigenvalue weighted by atomic mass is 10.0. The van der Waals surface area contributed by atoms with Gasteiger partial charge in [-0.3, -0.25) is 0 Å². The normalized spacial score (nSPS) is 12.0. The van der Waals surface area contributed by atoms with E-state index in [1.165, 1.54) is 133 Å². The first-order valence-corrected chi connectivity index (χ1v) is 12.5. The van der Waals surface area contributed by atoms with E-state index in [-0.39, 0.29) is 0 Å². The third-order valence-corrected chi connectivity index (χ3v) is 6.03. The zero-order valence-electron chi connectivity index (χ0n) is 18.7. The Bertz CT molecular complexity index is 265. The molecule has 0 aliphatic heterocycles. The molecule has 0 rings (SSSR count). The summed E-state index contributed by atoms with van der Waals surface area (Å²) in [5, 5.41) is 0. The first-order valence-electron chi connectivity index (χ1n) is 12.0. The predicted octanol–water partition coefficient (Wildman–Crippen LogP) is 8.34. The smallest absolute Gasteiger partial charge is 0.0782 e. The largest absolute Gasteiger partial charge is 0.328 e. The average Bonchev–Trinajstić information content (AvgIpc) is 2.61. The van der Waals surface area contributed by atoms with E-state index in [1.54, 1.807) is 0 Å². The highest BCUT2D eigenvalue weighted by Crippen LogP contribution is 2.14. The van der Waals surface area contributed by atoms with Gasteiger partial charge in [-0.2, -0.15) is 0 Å². The Morgan fingerprint density at radius 1 is 0.462 bits per heavy atom. The summed E-state index contributed by atoms with van der Waals surface area (Å²) in [6.45, 7) is 4.99. The molecule has 0 heterocycles. The van der Waals surface area contributed by atoms with E-state index in [4.69, 9.17) is 11.6 Å². The molecule has 0 bridgehead atoms. The van der Waals surface area contributed by atoms with Crippen LogP contribution in [0.25, 0.3) is 0 Å². The van der Waals surface area contributed by atoms with Crippen LogP contribution in [0.3, 0.4) is 0 Å². The van der Waals surface area contributed by atoms with Crippen LogP contribution in [-0.2, 0) is 0 Å². The van der Waals surface area contributed by atoms with Gasteiger partial charge in [0.25, 0.3) is 0 Å². The third kappa shape index (κ3) is 20.6. The van der Waals surface area contributed by atoms with Crippen molar-refractivity contribution in [1.29, 1.82) is 0 Å². The van der Waals surface area contributed by atoms with Gasteiger partial charge in [0.15, 0.2) is 0 Å². The Kier molecular flexibility index (Phi) is 20.2. The Hall–Kier alpha value is 0.250. The van der Waals surface area contributed by atoms with Crippen LogP contribution in [0.2, 0.25) is 0 Å². The fraction of sp³-hybridized carbons (Fsp3) is 1.00. The molecule has 26 heavy (non-hydrogen) atoms. The molecule has 0 atom stereocenters. The summed E-state index contributed by atoms with van der Waals surface area (Å²) < 4.78 is 1.21. The van der Waals surface area contributed by atoms with Crippen LogP contribution in [0.1, 0.15) is 122 Å². The Morgan fingerprint density at radius 3 is 1.12 bits per heavy atom. The highest BCUT2D eigenvalue weighted by Gasteiger charge is 2.13. The van der Waals surface area contributed by atoms with E-state index in [2.05, 4.69) is 21.0 Å². The molecule has 0 amide bonds. The van der Waals surface area contributed by atoms with Crippen molar-refractivity contribution in [2.45, 2.75) is 122 Å². The van der Waals surface area contributed by atoms with Gasteiger partial charge in [-0.1, -0.05) is 90.4 Å². The molecule has 0 aliphatic carbocycles. The molecule has 158 valence electrons. The molecule has 1 nitrogen and oxygen atoms in total. The minimum atomic E-state index is 0.831. The lowest BCUT2D eigenvalue weighted by Gasteiger charge is -2.30. The number of hydrogen-bond acceptors (Lipinski definition) is 0. The van der Waals surface area contributed by atoms with Gasteiger partial charge >= 0.3 is 0 Å². The lowest BCUT2D eigenvalue weighted by molar-refractivity contribution is -0.890. The first-order chi connectivity index (χ1) is 12.6. The third-order valence-electron chi connectivity index (χ3n) is 5.76. The van der Waals surface area contributed by atoms with Crippen molar-refractivity contribution in [3.05, 3.63) is 0 Å². The van der Waals surface area contributed by atoms with E-state index in [1.807, 2.05) is 0 Å². The van der Waals surface area contributed by atoms with Gasteiger partial charge in [-0.15, -0.1) is 11.6 Å². The van der Waals surface area contributed by atoms with Gasteiger partial charge in [-0.05, 0) is 32.1 Å². The first kappa shape index (κ1) is 26.2. The second-order valence-corrected chi connectivity index (χ2v) is 9.46. The van der Waals surface area contributed by atoms with Crippen molar-refractivity contribution in [3.8, 4) is 0 Å². The number of rotatable bonds is 21. The van der Waals surface area contributed by atoms with Gasteiger partial charge in [0, 0.05) is 5.88 Å². The maximum absolute atomic E-state index is 5.74. The Labute approximate surface area is 171 Å². The number of unbranched alkanes of at least 4 members (excludes halogenated alkanes) is 16. The van der Waals surface area contributed by atoms with E-state index in [9.17, 15) is 0 Å². The summed E-state index contributed by atoms with van der Waals surface area (Å²) in [5.41, 5.74) is 0. The minimum absolute atomic E-state index is 0.831. The summed E-state index contributed by atoms with van der Waals surface area (Å²) in [4.78, 5) is 0. The zero-order chi connectivity index (χ0) is 19.3. The molecular weight excluding hydrogens is 338 g/mol. The molecule has 0 radical (unpaired) electrons. The van der Waals surface area contributed by atoms with Crippen LogP contribution < -0.4 is 0 Å². The van der Waals surface area contributed by atoms with E-state index in [0.29, 0.717) is 0 Å². The van der Waals surface area contributed by atoms with Crippen LogP contribution in [-0.4, -0.2) is 37.5 Å². The lowest BCUT2D eigenvalue weighted by Crippen LogP contribution is -2.41. The Balaban J connectivity index is 3.24. The van der Waals surface area contributed by atoms with Crippen molar-refractivity contribution in [2.24, 2.45) is 0 Å². The summed E-state index contributed by atoms with van der Waals surface area (Å²) in [7, 11) is 4.81. The fourth-order valence-corrected chi connectivity index (χ4v) is 4.02. The fourth-order valence-electron chi connectivity index (χ4n) is 3.83. The molecule has 0 saturated heterocycles. The van der Waals surface area contributed by atoms with Crippen molar-refractivity contribution >= 4 is 11.6 Å². The number of nitrogens with zero attached hydrogens (tertiary/aromatic N) is 1. The second-order valence-electron chi connectivity index (χ2n) is 9.08. The highest BCUT2D eigenvalue weighted by atomic mass is 35.5. The van der Waals surface area contributed by atoms with Crippen LogP contribution >= 0.6 is 11.6 Å². The van der Waals surface area contributed by atoms with E-state index >= 15 is 0 Å². The SMILES string of the molecule is CCCCCCCCCCCCCCCC[N+](C)(C)CCCCCCCl. The van der Waals surface area contributed by atoms with Crippen molar-refractivity contribution in [1.82, 2.24) is 0 Å². The standard InChI is InChI=1S/C24H51ClN/c1-4-5-6-7-8-9-10-11-12-13-14-15-17-20-23-26(2,3)24-21-18-16-19-22-25/h4-24H2,1-3H3/q+1. The summed E-state index contributed by atoms with van der Waals surface area (Å²) >= 11 is 5.74. The average molecular weight is 389 g/mol. The van der Waals surface area contributed by atoms with Gasteiger partial charge in [0.2, 0.25) is 0 Å². The zero-order valence-corrected chi connectivity index (χ0v) is 19.4. The minimum Gasteiger partial charge on any atom is -0.328 e. The molecule has 0 aliphatic rings. The predicted molar refractivity (Wildman–Crippen MR) is 121 cm³/mol. The van der Waals surface area contributed by atoms with E-state index < -0.39 is 0 Å². The molecule has 0 saturated carbocycles. The molecular formula is C24H51ClN+. The molecule has 0 N–H and O–H groups in total. The molecule has 0 aromatic heterocycles. The van der Waals surface area contributed by atoms with Crippen LogP contribution in [0, 0.1) is 0 Å². The van der Waals surface area contributed by atoms with Gasteiger partial charge < -0.3 is 4.48 Å². The molecule has 0 spiro atoms.